The highest BCUT2D eigenvalue weighted by Crippen LogP contribution is 2.36. The molecule has 0 spiro atoms. The second kappa shape index (κ2) is 5.60. The largest absolute Gasteiger partial charge is 0.493 e. The first-order valence-corrected chi connectivity index (χ1v) is 7.60. The second-order valence-corrected chi connectivity index (χ2v) is 5.93. The number of rotatable bonds is 4. The van der Waals surface area contributed by atoms with E-state index < -0.39 is 0 Å². The Labute approximate surface area is 124 Å². The van der Waals surface area contributed by atoms with E-state index in [1.54, 1.807) is 25.6 Å². The van der Waals surface area contributed by atoms with Gasteiger partial charge in [-0.1, -0.05) is 17.4 Å². The van der Waals surface area contributed by atoms with Gasteiger partial charge >= 0.3 is 0 Å². The highest BCUT2D eigenvalue weighted by molar-refractivity contribution is 7.22. The van der Waals surface area contributed by atoms with Crippen molar-refractivity contribution in [3.05, 3.63) is 34.5 Å². The van der Waals surface area contributed by atoms with E-state index in [9.17, 15) is 0 Å². The lowest BCUT2D eigenvalue weighted by molar-refractivity contribution is 0.356. The van der Waals surface area contributed by atoms with Crippen LogP contribution < -0.4 is 9.47 Å². The minimum absolute atomic E-state index is 0.680. The molecule has 0 saturated carbocycles. The van der Waals surface area contributed by atoms with Crippen LogP contribution in [0, 0.1) is 0 Å². The Bertz CT molecular complexity index is 707. The van der Waals surface area contributed by atoms with Gasteiger partial charge in [0.05, 0.1) is 24.4 Å². The number of thiophene rings is 1. The monoisotopic (exact) mass is 304 g/mol. The van der Waals surface area contributed by atoms with Crippen LogP contribution in [0.15, 0.2) is 34.6 Å². The summed E-state index contributed by atoms with van der Waals surface area (Å²) in [6, 6.07) is 7.82. The average molecular weight is 304 g/mol. The highest BCUT2D eigenvalue weighted by atomic mass is 32.1. The molecule has 2 heterocycles. The van der Waals surface area contributed by atoms with Crippen LogP contribution in [-0.4, -0.2) is 25.4 Å². The summed E-state index contributed by atoms with van der Waals surface area (Å²) >= 11 is 3.18. The highest BCUT2D eigenvalue weighted by Gasteiger charge is 2.09. The van der Waals surface area contributed by atoms with Gasteiger partial charge in [-0.25, -0.2) is 9.98 Å². The lowest BCUT2D eigenvalue weighted by Crippen LogP contribution is -1.89. The van der Waals surface area contributed by atoms with Crippen molar-refractivity contribution >= 4 is 44.2 Å². The van der Waals surface area contributed by atoms with Gasteiger partial charge in [0, 0.05) is 23.2 Å². The molecule has 0 fully saturated rings. The van der Waals surface area contributed by atoms with Gasteiger partial charge in [0.2, 0.25) is 5.13 Å². The maximum absolute atomic E-state index is 5.29. The first kappa shape index (κ1) is 13.1. The van der Waals surface area contributed by atoms with E-state index in [1.807, 2.05) is 35.9 Å². The van der Waals surface area contributed by atoms with E-state index in [-0.39, 0.29) is 0 Å². The third-order valence-corrected chi connectivity index (χ3v) is 4.46. The van der Waals surface area contributed by atoms with Crippen molar-refractivity contribution in [3.63, 3.8) is 0 Å². The molecule has 3 aromatic rings. The molecular weight excluding hydrogens is 292 g/mol. The van der Waals surface area contributed by atoms with Crippen molar-refractivity contribution in [2.75, 3.05) is 14.2 Å². The minimum atomic E-state index is 0.680. The maximum Gasteiger partial charge on any atom is 0.210 e. The van der Waals surface area contributed by atoms with E-state index in [4.69, 9.17) is 9.47 Å². The van der Waals surface area contributed by atoms with E-state index >= 15 is 0 Å². The summed E-state index contributed by atoms with van der Waals surface area (Å²) in [5, 5.41) is 2.75. The molecule has 0 unspecified atom stereocenters. The van der Waals surface area contributed by atoms with Crippen LogP contribution >= 0.6 is 22.7 Å². The number of benzene rings is 1. The molecule has 2 aromatic heterocycles. The molecule has 6 heteroatoms. The van der Waals surface area contributed by atoms with Crippen LogP contribution in [0.2, 0.25) is 0 Å². The molecule has 0 aliphatic carbocycles. The van der Waals surface area contributed by atoms with E-state index in [0.29, 0.717) is 11.5 Å². The van der Waals surface area contributed by atoms with Crippen LogP contribution in [0.4, 0.5) is 5.13 Å². The zero-order chi connectivity index (χ0) is 13.9. The molecule has 0 saturated heterocycles. The van der Waals surface area contributed by atoms with Gasteiger partial charge in [0.15, 0.2) is 11.5 Å². The quantitative estimate of drug-likeness (QED) is 0.681. The van der Waals surface area contributed by atoms with Crippen LogP contribution in [0.1, 0.15) is 4.88 Å². The number of thiazole rings is 1. The first-order chi connectivity index (χ1) is 9.80. The fraction of sp³-hybridized carbons (Fsp3) is 0.143. The van der Waals surface area contributed by atoms with Crippen LogP contribution in [0.3, 0.4) is 0 Å². The summed E-state index contributed by atoms with van der Waals surface area (Å²) in [5.74, 6) is 1.39. The third-order valence-electron chi connectivity index (χ3n) is 2.73. The summed E-state index contributed by atoms with van der Waals surface area (Å²) in [5.41, 5.74) is 0.867. The molecule has 3 rings (SSSR count). The zero-order valence-corrected chi connectivity index (χ0v) is 12.6. The number of nitrogens with zero attached hydrogens (tertiary/aromatic N) is 2. The lowest BCUT2D eigenvalue weighted by atomic mass is 10.3. The third kappa shape index (κ3) is 2.52. The summed E-state index contributed by atoms with van der Waals surface area (Å²) in [6.45, 7) is 0. The fourth-order valence-electron chi connectivity index (χ4n) is 1.78. The Morgan fingerprint density at radius 1 is 1.20 bits per heavy atom. The van der Waals surface area contributed by atoms with Crippen molar-refractivity contribution in [1.82, 2.24) is 4.98 Å². The molecule has 20 heavy (non-hydrogen) atoms. The Balaban J connectivity index is 1.98. The minimum Gasteiger partial charge on any atom is -0.493 e. The smallest absolute Gasteiger partial charge is 0.210 e. The molecular formula is C14H12N2O2S2. The summed E-state index contributed by atoms with van der Waals surface area (Å²) < 4.78 is 11.6. The second-order valence-electron chi connectivity index (χ2n) is 3.94. The predicted octanol–water partition coefficient (Wildman–Crippen LogP) is 4.13. The van der Waals surface area contributed by atoms with Gasteiger partial charge in [0.25, 0.3) is 0 Å². The molecule has 1 aromatic carbocycles. The lowest BCUT2D eigenvalue weighted by Gasteiger charge is -2.05. The number of aliphatic imine (C=N–C) groups is 1. The predicted molar refractivity (Wildman–Crippen MR) is 84.3 cm³/mol. The van der Waals surface area contributed by atoms with Crippen LogP contribution in [0.25, 0.3) is 10.2 Å². The molecule has 0 radical (unpaired) electrons. The Morgan fingerprint density at radius 2 is 2.00 bits per heavy atom. The topological polar surface area (TPSA) is 43.7 Å². The Morgan fingerprint density at radius 3 is 2.70 bits per heavy atom. The summed E-state index contributed by atoms with van der Waals surface area (Å²) in [4.78, 5) is 10.0. The van der Waals surface area contributed by atoms with Crippen LogP contribution in [-0.2, 0) is 0 Å². The number of hydrogen-bond acceptors (Lipinski definition) is 6. The zero-order valence-electron chi connectivity index (χ0n) is 11.0. The van der Waals surface area contributed by atoms with Crippen molar-refractivity contribution < 1.29 is 9.47 Å². The fourth-order valence-corrected chi connectivity index (χ4v) is 3.19. The first-order valence-electron chi connectivity index (χ1n) is 5.90. The van der Waals surface area contributed by atoms with Gasteiger partial charge in [0.1, 0.15) is 0 Å². The average Bonchev–Trinajstić information content (AvgIpc) is 3.11. The molecule has 0 amide bonds. The van der Waals surface area contributed by atoms with E-state index in [1.165, 1.54) is 11.3 Å². The van der Waals surface area contributed by atoms with Crippen molar-refractivity contribution in [1.29, 1.82) is 0 Å². The van der Waals surface area contributed by atoms with Crippen LogP contribution in [0.5, 0.6) is 11.5 Å². The SMILES string of the molecule is COc1cc2nc(N=Cc3cccs3)sc2cc1OC. The summed E-state index contributed by atoms with van der Waals surface area (Å²) in [6.07, 6.45) is 1.83. The number of aromatic nitrogens is 1. The number of fused-ring (bicyclic) bond motifs is 1. The van der Waals surface area contributed by atoms with Crippen molar-refractivity contribution in [2.24, 2.45) is 4.99 Å². The number of methoxy groups -OCH3 is 2. The van der Waals surface area contributed by atoms with Gasteiger partial charge in [-0.3, -0.25) is 0 Å². The Hall–Kier alpha value is -1.92. The van der Waals surface area contributed by atoms with Gasteiger partial charge in [-0.2, -0.15) is 0 Å². The molecule has 0 N–H and O–H groups in total. The standard InChI is InChI=1S/C14H12N2O2S2/c1-17-11-6-10-13(7-12(11)18-2)20-14(16-10)15-8-9-4-3-5-19-9/h3-8H,1-2H3. The van der Waals surface area contributed by atoms with E-state index in [0.717, 1.165) is 20.2 Å². The summed E-state index contributed by atoms with van der Waals surface area (Å²) in [7, 11) is 3.24. The van der Waals surface area contributed by atoms with E-state index in [2.05, 4.69) is 9.98 Å². The number of hydrogen-bond donors (Lipinski definition) is 0. The Kier molecular flexibility index (Phi) is 3.66. The molecule has 0 aliphatic heterocycles. The van der Waals surface area contributed by atoms with Gasteiger partial charge in [-0.05, 0) is 11.4 Å². The maximum atomic E-state index is 5.29. The molecule has 0 aliphatic rings. The van der Waals surface area contributed by atoms with Gasteiger partial charge in [-0.15, -0.1) is 11.3 Å². The molecule has 102 valence electrons. The number of ether oxygens (including phenoxy) is 2. The van der Waals surface area contributed by atoms with Crippen molar-refractivity contribution in [3.8, 4) is 11.5 Å². The molecule has 0 atom stereocenters. The van der Waals surface area contributed by atoms with Crippen molar-refractivity contribution in [2.45, 2.75) is 0 Å². The molecule has 4 nitrogen and oxygen atoms in total. The normalized spacial score (nSPS) is 11.3. The van der Waals surface area contributed by atoms with Gasteiger partial charge < -0.3 is 9.47 Å². The molecule has 0 bridgehead atoms.